The van der Waals surface area contributed by atoms with Gasteiger partial charge in [-0.2, -0.15) is 0 Å². The number of unbranched alkanes of at least 4 members (excludes halogenated alkanes) is 3. The SMILES string of the molecule is CC(C)OC(O[Si]CCCCCCc1cc(F)c(F)c(F)c1F)OC(C)C. The highest BCUT2D eigenvalue weighted by molar-refractivity contribution is 6.27. The van der Waals surface area contributed by atoms with Crippen molar-refractivity contribution < 1.29 is 31.5 Å². The molecule has 27 heavy (non-hydrogen) atoms. The van der Waals surface area contributed by atoms with Crippen molar-refractivity contribution in [3.63, 3.8) is 0 Å². The maximum Gasteiger partial charge on any atom is 0.262 e. The number of ether oxygens (including phenoxy) is 2. The molecule has 0 fully saturated rings. The first-order valence-corrected chi connectivity index (χ1v) is 10.3. The number of halogens is 4. The fraction of sp³-hybridized carbons (Fsp3) is 0.684. The minimum absolute atomic E-state index is 0.0000745. The lowest BCUT2D eigenvalue weighted by Gasteiger charge is -2.22. The Labute approximate surface area is 161 Å². The van der Waals surface area contributed by atoms with Gasteiger partial charge in [0.25, 0.3) is 6.48 Å². The van der Waals surface area contributed by atoms with Crippen LogP contribution < -0.4 is 0 Å². The van der Waals surface area contributed by atoms with Crippen molar-refractivity contribution in [3.05, 3.63) is 34.9 Å². The first-order valence-electron chi connectivity index (χ1n) is 9.23. The standard InChI is InChI=1S/C19H28F4O3Si/c1-12(2)24-19(25-13(3)4)26-27-10-8-6-5-7-9-14-11-15(20)17(22)18(23)16(14)21/h11-13,19H,5-10H2,1-4H3. The van der Waals surface area contributed by atoms with E-state index in [0.29, 0.717) is 6.42 Å². The number of aryl methyl sites for hydroxylation is 1. The summed E-state index contributed by atoms with van der Waals surface area (Å²) in [5.74, 6) is -6.17. The molecule has 0 aliphatic carbocycles. The largest absolute Gasteiger partial charge is 0.372 e. The highest BCUT2D eigenvalue weighted by atomic mass is 28.2. The third-order valence-electron chi connectivity index (χ3n) is 3.60. The molecule has 0 bridgehead atoms. The van der Waals surface area contributed by atoms with Crippen LogP contribution in [0.1, 0.15) is 58.9 Å². The molecule has 0 aliphatic heterocycles. The topological polar surface area (TPSA) is 27.7 Å². The van der Waals surface area contributed by atoms with E-state index in [0.717, 1.165) is 31.4 Å². The highest BCUT2D eigenvalue weighted by Gasteiger charge is 2.18. The molecule has 0 aromatic heterocycles. The Morgan fingerprint density at radius 2 is 1.41 bits per heavy atom. The first kappa shape index (κ1) is 24.1. The fourth-order valence-corrected chi connectivity index (χ4v) is 3.09. The van der Waals surface area contributed by atoms with Crippen molar-refractivity contribution in [2.24, 2.45) is 0 Å². The van der Waals surface area contributed by atoms with Gasteiger partial charge in [0.1, 0.15) is 0 Å². The minimum atomic E-state index is -1.77. The van der Waals surface area contributed by atoms with Crippen LogP contribution in [-0.2, 0) is 20.3 Å². The van der Waals surface area contributed by atoms with E-state index in [1.54, 1.807) is 0 Å². The van der Waals surface area contributed by atoms with E-state index in [1.165, 1.54) is 0 Å². The Kier molecular flexibility index (Phi) is 11.1. The Bertz CT molecular complexity index is 560. The van der Waals surface area contributed by atoms with Crippen molar-refractivity contribution in [2.45, 2.75) is 84.5 Å². The van der Waals surface area contributed by atoms with Gasteiger partial charge in [0.15, 0.2) is 23.3 Å². The molecule has 154 valence electrons. The van der Waals surface area contributed by atoms with Gasteiger partial charge in [0.2, 0.25) is 9.76 Å². The number of rotatable bonds is 13. The zero-order chi connectivity index (χ0) is 20.4. The average Bonchev–Trinajstić information content (AvgIpc) is 2.58. The summed E-state index contributed by atoms with van der Waals surface area (Å²) in [7, 11) is 0.239. The van der Waals surface area contributed by atoms with Gasteiger partial charge in [-0.05, 0) is 58.2 Å². The highest BCUT2D eigenvalue weighted by Crippen LogP contribution is 2.20. The van der Waals surface area contributed by atoms with E-state index in [2.05, 4.69) is 0 Å². The van der Waals surface area contributed by atoms with Crippen molar-refractivity contribution in [1.29, 1.82) is 0 Å². The first-order chi connectivity index (χ1) is 12.7. The summed E-state index contributed by atoms with van der Waals surface area (Å²) in [6, 6.07) is 1.57. The van der Waals surface area contributed by atoms with Crippen LogP contribution >= 0.6 is 0 Å². The van der Waals surface area contributed by atoms with Crippen molar-refractivity contribution >= 4 is 9.76 Å². The van der Waals surface area contributed by atoms with Gasteiger partial charge in [0, 0.05) is 0 Å². The summed E-state index contributed by atoms with van der Waals surface area (Å²) in [6.45, 7) is 6.96. The van der Waals surface area contributed by atoms with Crippen molar-refractivity contribution in [1.82, 2.24) is 0 Å². The van der Waals surface area contributed by atoms with E-state index >= 15 is 0 Å². The summed E-state index contributed by atoms with van der Waals surface area (Å²) in [6.07, 6.45) is 3.30. The smallest absolute Gasteiger partial charge is 0.262 e. The average molecular weight is 409 g/mol. The van der Waals surface area contributed by atoms with E-state index in [-0.39, 0.29) is 34.0 Å². The molecule has 0 spiro atoms. The molecule has 1 aromatic carbocycles. The van der Waals surface area contributed by atoms with Gasteiger partial charge < -0.3 is 13.9 Å². The number of hydrogen-bond donors (Lipinski definition) is 0. The Balaban J connectivity index is 2.20. The van der Waals surface area contributed by atoms with Crippen LogP contribution in [0, 0.1) is 23.3 Å². The monoisotopic (exact) mass is 408 g/mol. The molecule has 0 saturated carbocycles. The maximum atomic E-state index is 13.6. The van der Waals surface area contributed by atoms with Crippen LogP contribution in [0.4, 0.5) is 17.6 Å². The molecular formula is C19H28F4O3Si. The number of benzene rings is 1. The van der Waals surface area contributed by atoms with Gasteiger partial charge in [-0.15, -0.1) is 0 Å². The predicted molar refractivity (Wildman–Crippen MR) is 96.3 cm³/mol. The normalized spacial score (nSPS) is 12.0. The van der Waals surface area contributed by atoms with Crippen LogP contribution in [0.3, 0.4) is 0 Å². The van der Waals surface area contributed by atoms with Gasteiger partial charge in [0.05, 0.1) is 12.2 Å². The molecule has 0 N–H and O–H groups in total. The van der Waals surface area contributed by atoms with Gasteiger partial charge in [-0.1, -0.05) is 19.3 Å². The molecule has 1 rings (SSSR count). The van der Waals surface area contributed by atoms with Gasteiger partial charge >= 0.3 is 0 Å². The van der Waals surface area contributed by atoms with E-state index < -0.39 is 29.7 Å². The maximum absolute atomic E-state index is 13.6. The molecule has 3 nitrogen and oxygen atoms in total. The second-order valence-electron chi connectivity index (χ2n) is 6.79. The van der Waals surface area contributed by atoms with Crippen LogP contribution in [0.2, 0.25) is 6.04 Å². The summed E-state index contributed by atoms with van der Waals surface area (Å²) < 4.78 is 69.4. The van der Waals surface area contributed by atoms with Gasteiger partial charge in [-0.3, -0.25) is 0 Å². The zero-order valence-electron chi connectivity index (χ0n) is 16.3. The number of hydrogen-bond acceptors (Lipinski definition) is 3. The Morgan fingerprint density at radius 3 is 2.00 bits per heavy atom. The van der Waals surface area contributed by atoms with Crippen molar-refractivity contribution in [3.8, 4) is 0 Å². The lowest BCUT2D eigenvalue weighted by atomic mass is 10.1. The fourth-order valence-electron chi connectivity index (χ4n) is 2.33. The van der Waals surface area contributed by atoms with Crippen LogP contribution in [0.25, 0.3) is 0 Å². The van der Waals surface area contributed by atoms with Crippen molar-refractivity contribution in [2.75, 3.05) is 0 Å². The molecule has 0 saturated heterocycles. The molecule has 2 radical (unpaired) electrons. The molecular weight excluding hydrogens is 380 g/mol. The van der Waals surface area contributed by atoms with Crippen LogP contribution in [0.15, 0.2) is 6.07 Å². The zero-order valence-corrected chi connectivity index (χ0v) is 17.3. The Morgan fingerprint density at radius 1 is 0.815 bits per heavy atom. The Hall–Kier alpha value is -0.963. The van der Waals surface area contributed by atoms with E-state index in [9.17, 15) is 17.6 Å². The molecule has 1 aromatic rings. The summed E-state index contributed by atoms with van der Waals surface area (Å²) >= 11 is 0. The lowest BCUT2D eigenvalue weighted by Crippen LogP contribution is -2.28. The van der Waals surface area contributed by atoms with Gasteiger partial charge in [-0.25, -0.2) is 17.6 Å². The lowest BCUT2D eigenvalue weighted by molar-refractivity contribution is -0.275. The summed E-state index contributed by atoms with van der Waals surface area (Å²) in [5.41, 5.74) is -0.129. The van der Waals surface area contributed by atoms with Crippen LogP contribution in [0.5, 0.6) is 0 Å². The molecule has 0 atom stereocenters. The van der Waals surface area contributed by atoms with E-state index in [1.807, 2.05) is 27.7 Å². The summed E-state index contributed by atoms with van der Waals surface area (Å²) in [4.78, 5) is 0. The molecule has 8 heteroatoms. The third kappa shape index (κ3) is 9.18. The van der Waals surface area contributed by atoms with E-state index in [4.69, 9.17) is 13.9 Å². The second-order valence-corrected chi connectivity index (χ2v) is 7.82. The predicted octanol–water partition coefficient (Wildman–Crippen LogP) is 5.53. The molecule has 0 aliphatic rings. The molecule has 0 heterocycles. The third-order valence-corrected chi connectivity index (χ3v) is 4.52. The summed E-state index contributed by atoms with van der Waals surface area (Å²) in [5, 5.41) is 0. The quantitative estimate of drug-likeness (QED) is 0.107. The second kappa shape index (κ2) is 12.5. The minimum Gasteiger partial charge on any atom is -0.372 e. The molecule has 0 amide bonds. The van der Waals surface area contributed by atoms with Crippen LogP contribution in [-0.4, -0.2) is 28.4 Å². The molecule has 0 unspecified atom stereocenters.